The topological polar surface area (TPSA) is 67.4 Å². The highest BCUT2D eigenvalue weighted by atomic mass is 19.4. The number of carbonyl (C=O) groups excluding carboxylic acids is 2. The summed E-state index contributed by atoms with van der Waals surface area (Å²) in [5, 5.41) is 6.05. The first kappa shape index (κ1) is 34.0. The standard InChI is InChI=1S/C36H42F4N2O3/c1-2-45-33(43)20-9-4-3-6-13-26-16-12-17-28(21-26)35(25-27-14-7-5-8-15-27,42-34(44)41-32-18-10-11-19-32)29-22-30(36(38,39)40)24-31(37)23-29/h5,7-8,12,14-17,21-24,32H,2-4,6,9-11,13,18-20,25H2,1H3,(H2,41,42,44). The number of aryl methyl sites for hydroxylation is 1. The summed E-state index contributed by atoms with van der Waals surface area (Å²) in [5.74, 6) is -1.23. The number of halogens is 4. The summed E-state index contributed by atoms with van der Waals surface area (Å²) in [4.78, 5) is 25.2. The quantitative estimate of drug-likeness (QED) is 0.107. The smallest absolute Gasteiger partial charge is 0.416 e. The Morgan fingerprint density at radius 3 is 2.22 bits per heavy atom. The number of hydrogen-bond donors (Lipinski definition) is 2. The van der Waals surface area contributed by atoms with Gasteiger partial charge in [-0.05, 0) is 79.5 Å². The van der Waals surface area contributed by atoms with Crippen LogP contribution in [-0.2, 0) is 34.1 Å². The lowest BCUT2D eigenvalue weighted by Crippen LogP contribution is -2.53. The Morgan fingerprint density at radius 1 is 0.822 bits per heavy atom. The summed E-state index contributed by atoms with van der Waals surface area (Å²) in [6.45, 7) is 2.15. The van der Waals surface area contributed by atoms with Gasteiger partial charge >= 0.3 is 18.2 Å². The fourth-order valence-corrected chi connectivity index (χ4v) is 6.12. The van der Waals surface area contributed by atoms with Gasteiger partial charge in [0.25, 0.3) is 0 Å². The van der Waals surface area contributed by atoms with E-state index in [1.54, 1.807) is 13.0 Å². The fraction of sp³-hybridized carbons (Fsp3) is 0.444. The van der Waals surface area contributed by atoms with Crippen LogP contribution in [0.3, 0.4) is 0 Å². The predicted octanol–water partition coefficient (Wildman–Crippen LogP) is 8.63. The van der Waals surface area contributed by atoms with Gasteiger partial charge in [-0.2, -0.15) is 13.2 Å². The maximum Gasteiger partial charge on any atom is 0.416 e. The molecule has 0 aromatic heterocycles. The first-order chi connectivity index (χ1) is 21.6. The molecule has 0 bridgehead atoms. The van der Waals surface area contributed by atoms with Crippen molar-refractivity contribution in [1.82, 2.24) is 10.6 Å². The maximum absolute atomic E-state index is 15.0. The molecule has 1 unspecified atom stereocenters. The molecule has 0 heterocycles. The average molecular weight is 627 g/mol. The SMILES string of the molecule is CCOC(=O)CCCCCCc1cccc(C(Cc2ccccc2)(NC(=O)NC2CCCC2)c2cc(F)cc(C(F)(F)F)c2)c1. The number of unbranched alkanes of at least 4 members (excludes halogenated alkanes) is 3. The number of nitrogens with one attached hydrogen (secondary N) is 2. The normalized spacial score (nSPS) is 15.0. The Balaban J connectivity index is 1.70. The Morgan fingerprint density at radius 2 is 1.51 bits per heavy atom. The number of esters is 1. The first-order valence-electron chi connectivity index (χ1n) is 15.8. The van der Waals surface area contributed by atoms with Gasteiger partial charge in [-0.3, -0.25) is 4.79 Å². The van der Waals surface area contributed by atoms with Gasteiger partial charge in [-0.1, -0.05) is 80.3 Å². The van der Waals surface area contributed by atoms with E-state index in [1.165, 1.54) is 0 Å². The number of benzene rings is 3. The zero-order chi connectivity index (χ0) is 32.3. The summed E-state index contributed by atoms with van der Waals surface area (Å²) in [6.07, 6.45) is 3.36. The van der Waals surface area contributed by atoms with Crippen LogP contribution in [0.1, 0.15) is 92.5 Å². The van der Waals surface area contributed by atoms with Crippen LogP contribution in [0.5, 0.6) is 0 Å². The minimum atomic E-state index is -4.78. The molecule has 1 fully saturated rings. The molecule has 5 nitrogen and oxygen atoms in total. The van der Waals surface area contributed by atoms with Crippen molar-refractivity contribution in [2.45, 2.75) is 95.3 Å². The molecule has 45 heavy (non-hydrogen) atoms. The minimum absolute atomic E-state index is 0.0105. The van der Waals surface area contributed by atoms with Crippen molar-refractivity contribution in [2.75, 3.05) is 6.61 Å². The first-order valence-corrected chi connectivity index (χ1v) is 15.8. The van der Waals surface area contributed by atoms with Gasteiger partial charge in [0.2, 0.25) is 0 Å². The number of alkyl halides is 3. The maximum atomic E-state index is 15.0. The Labute approximate surface area is 262 Å². The molecule has 2 amide bonds. The van der Waals surface area contributed by atoms with Crippen LogP contribution in [0.15, 0.2) is 72.8 Å². The van der Waals surface area contributed by atoms with Crippen LogP contribution in [-0.4, -0.2) is 24.6 Å². The predicted molar refractivity (Wildman–Crippen MR) is 166 cm³/mol. The molecule has 0 saturated heterocycles. The van der Waals surface area contributed by atoms with Gasteiger partial charge in [0, 0.05) is 18.9 Å². The molecule has 4 rings (SSSR count). The largest absolute Gasteiger partial charge is 0.466 e. The average Bonchev–Trinajstić information content (AvgIpc) is 3.51. The molecule has 2 N–H and O–H groups in total. The molecule has 9 heteroatoms. The van der Waals surface area contributed by atoms with Crippen molar-refractivity contribution in [3.63, 3.8) is 0 Å². The van der Waals surface area contributed by atoms with Crippen molar-refractivity contribution >= 4 is 12.0 Å². The van der Waals surface area contributed by atoms with Crippen LogP contribution < -0.4 is 10.6 Å². The zero-order valence-corrected chi connectivity index (χ0v) is 25.7. The van der Waals surface area contributed by atoms with Gasteiger partial charge in [-0.25, -0.2) is 9.18 Å². The highest BCUT2D eigenvalue weighted by molar-refractivity contribution is 5.76. The molecule has 0 radical (unpaired) electrons. The lowest BCUT2D eigenvalue weighted by Gasteiger charge is -2.37. The van der Waals surface area contributed by atoms with E-state index in [9.17, 15) is 27.2 Å². The van der Waals surface area contributed by atoms with Crippen LogP contribution in [0.25, 0.3) is 0 Å². The molecule has 3 aromatic rings. The van der Waals surface area contributed by atoms with Crippen molar-refractivity contribution in [3.05, 3.63) is 106 Å². The summed E-state index contributed by atoms with van der Waals surface area (Å²) in [7, 11) is 0. The third-order valence-electron chi connectivity index (χ3n) is 8.37. The third kappa shape index (κ3) is 9.80. The van der Waals surface area contributed by atoms with Crippen LogP contribution in [0.2, 0.25) is 0 Å². The van der Waals surface area contributed by atoms with Crippen molar-refractivity contribution < 1.29 is 31.9 Å². The molecule has 1 aliphatic rings. The number of hydrogen-bond acceptors (Lipinski definition) is 3. The molecule has 1 saturated carbocycles. The molecule has 1 aliphatic carbocycles. The Hall–Kier alpha value is -3.88. The summed E-state index contributed by atoms with van der Waals surface area (Å²) >= 11 is 0. The van der Waals surface area contributed by atoms with E-state index < -0.39 is 29.1 Å². The zero-order valence-electron chi connectivity index (χ0n) is 25.7. The molecule has 3 aromatic carbocycles. The third-order valence-corrected chi connectivity index (χ3v) is 8.37. The monoisotopic (exact) mass is 626 g/mol. The summed E-state index contributed by atoms with van der Waals surface area (Å²) < 4.78 is 61.9. The highest BCUT2D eigenvalue weighted by Crippen LogP contribution is 2.39. The Bertz CT molecular complexity index is 1410. The number of carbonyl (C=O) groups is 2. The molecular weight excluding hydrogens is 584 g/mol. The number of urea groups is 1. The van der Waals surface area contributed by atoms with Gasteiger partial charge in [0.1, 0.15) is 5.82 Å². The van der Waals surface area contributed by atoms with E-state index in [2.05, 4.69) is 10.6 Å². The van der Waals surface area contributed by atoms with Gasteiger partial charge in [0.15, 0.2) is 0 Å². The lowest BCUT2D eigenvalue weighted by atomic mass is 9.76. The number of ether oxygens (including phenoxy) is 1. The Kier molecular flexibility index (Phi) is 12.0. The van der Waals surface area contributed by atoms with E-state index in [0.29, 0.717) is 31.1 Å². The van der Waals surface area contributed by atoms with Crippen molar-refractivity contribution in [1.29, 1.82) is 0 Å². The van der Waals surface area contributed by atoms with E-state index in [0.717, 1.165) is 74.6 Å². The van der Waals surface area contributed by atoms with E-state index in [4.69, 9.17) is 4.74 Å². The summed E-state index contributed by atoms with van der Waals surface area (Å²) in [6, 6.07) is 18.6. The van der Waals surface area contributed by atoms with Crippen LogP contribution in [0.4, 0.5) is 22.4 Å². The van der Waals surface area contributed by atoms with Crippen molar-refractivity contribution in [3.8, 4) is 0 Å². The van der Waals surface area contributed by atoms with Crippen LogP contribution in [0, 0.1) is 5.82 Å². The highest BCUT2D eigenvalue weighted by Gasteiger charge is 2.40. The molecule has 0 spiro atoms. The number of rotatable bonds is 14. The second-order valence-corrected chi connectivity index (χ2v) is 11.8. The summed E-state index contributed by atoms with van der Waals surface area (Å²) in [5.41, 5.74) is -0.346. The van der Waals surface area contributed by atoms with Crippen molar-refractivity contribution in [2.24, 2.45) is 0 Å². The van der Waals surface area contributed by atoms with Gasteiger partial charge < -0.3 is 15.4 Å². The second kappa shape index (κ2) is 15.9. The van der Waals surface area contributed by atoms with E-state index in [1.807, 2.05) is 48.5 Å². The van der Waals surface area contributed by atoms with Crippen LogP contribution >= 0.6 is 0 Å². The molecular formula is C36H42F4N2O3. The molecule has 1 atom stereocenters. The second-order valence-electron chi connectivity index (χ2n) is 11.8. The lowest BCUT2D eigenvalue weighted by molar-refractivity contribution is -0.143. The van der Waals surface area contributed by atoms with Gasteiger partial charge in [0.05, 0.1) is 17.7 Å². The molecule has 0 aliphatic heterocycles. The minimum Gasteiger partial charge on any atom is -0.466 e. The number of amides is 2. The van der Waals surface area contributed by atoms with Gasteiger partial charge in [-0.15, -0.1) is 0 Å². The fourth-order valence-electron chi connectivity index (χ4n) is 6.12. The molecule has 242 valence electrons. The van der Waals surface area contributed by atoms with E-state index >= 15 is 0 Å². The van der Waals surface area contributed by atoms with E-state index in [-0.39, 0.29) is 24.0 Å².